The van der Waals surface area contributed by atoms with E-state index in [0.717, 1.165) is 48.9 Å². The molecule has 0 saturated carbocycles. The fourth-order valence-electron chi connectivity index (χ4n) is 1.56. The quantitative estimate of drug-likeness (QED) is 0.467. The Labute approximate surface area is 119 Å². The molecule has 0 bridgehead atoms. The number of unbranched alkanes of at least 4 members (excludes halogenated alkanes) is 2. The standard InChI is InChI=1S/C15H23BrO2/c1-3-5-10-17-15(18-11-6-4-2)13-8-7-9-14(16)12-13/h7-9,12,15H,3-6,10-11H2,1-2H3. The Morgan fingerprint density at radius 3 is 2.17 bits per heavy atom. The van der Waals surface area contributed by atoms with E-state index in [1.807, 2.05) is 18.2 Å². The normalized spacial score (nSPS) is 11.1. The molecular weight excluding hydrogens is 292 g/mol. The summed E-state index contributed by atoms with van der Waals surface area (Å²) in [6.45, 7) is 5.82. The lowest BCUT2D eigenvalue weighted by Gasteiger charge is -2.19. The van der Waals surface area contributed by atoms with E-state index in [0.29, 0.717) is 0 Å². The Kier molecular flexibility index (Phi) is 8.31. The monoisotopic (exact) mass is 314 g/mol. The second-order valence-corrected chi connectivity index (χ2v) is 5.25. The minimum absolute atomic E-state index is 0.236. The third-order valence-electron chi connectivity index (χ3n) is 2.66. The van der Waals surface area contributed by atoms with E-state index >= 15 is 0 Å². The molecule has 0 radical (unpaired) electrons. The highest BCUT2D eigenvalue weighted by atomic mass is 79.9. The maximum absolute atomic E-state index is 5.83. The van der Waals surface area contributed by atoms with Crippen molar-refractivity contribution in [3.63, 3.8) is 0 Å². The van der Waals surface area contributed by atoms with Gasteiger partial charge in [-0.1, -0.05) is 54.8 Å². The molecule has 1 rings (SSSR count). The van der Waals surface area contributed by atoms with Gasteiger partial charge in [0.1, 0.15) is 0 Å². The van der Waals surface area contributed by atoms with Crippen molar-refractivity contribution in [1.82, 2.24) is 0 Å². The summed E-state index contributed by atoms with van der Waals surface area (Å²) >= 11 is 3.48. The minimum Gasteiger partial charge on any atom is -0.348 e. The predicted molar refractivity (Wildman–Crippen MR) is 78.6 cm³/mol. The van der Waals surface area contributed by atoms with Crippen molar-refractivity contribution >= 4 is 15.9 Å². The molecule has 0 aliphatic carbocycles. The summed E-state index contributed by atoms with van der Waals surface area (Å²) in [7, 11) is 0. The third kappa shape index (κ3) is 5.98. The van der Waals surface area contributed by atoms with Crippen molar-refractivity contribution in [3.8, 4) is 0 Å². The molecule has 0 spiro atoms. The molecule has 0 saturated heterocycles. The second kappa shape index (κ2) is 9.54. The van der Waals surface area contributed by atoms with Crippen molar-refractivity contribution in [3.05, 3.63) is 34.3 Å². The molecule has 102 valence electrons. The molecule has 18 heavy (non-hydrogen) atoms. The second-order valence-electron chi connectivity index (χ2n) is 4.34. The summed E-state index contributed by atoms with van der Waals surface area (Å²) in [5, 5.41) is 0. The van der Waals surface area contributed by atoms with Crippen LogP contribution in [0.4, 0.5) is 0 Å². The Hall–Kier alpha value is -0.380. The topological polar surface area (TPSA) is 18.5 Å². The number of hydrogen-bond donors (Lipinski definition) is 0. The summed E-state index contributed by atoms with van der Waals surface area (Å²) in [6.07, 6.45) is 4.18. The summed E-state index contributed by atoms with van der Waals surface area (Å²) in [5.41, 5.74) is 1.08. The van der Waals surface area contributed by atoms with Crippen LogP contribution < -0.4 is 0 Å². The van der Waals surface area contributed by atoms with Crippen LogP contribution in [0.5, 0.6) is 0 Å². The zero-order valence-electron chi connectivity index (χ0n) is 11.3. The molecule has 0 aromatic heterocycles. The van der Waals surface area contributed by atoms with Gasteiger partial charge in [-0.3, -0.25) is 0 Å². The van der Waals surface area contributed by atoms with Gasteiger partial charge in [-0.05, 0) is 25.0 Å². The predicted octanol–water partition coefficient (Wildman–Crippen LogP) is 5.08. The minimum atomic E-state index is -0.236. The first-order valence-corrected chi connectivity index (χ1v) is 7.55. The van der Waals surface area contributed by atoms with Gasteiger partial charge in [-0.15, -0.1) is 0 Å². The van der Waals surface area contributed by atoms with Gasteiger partial charge in [0.15, 0.2) is 6.29 Å². The van der Waals surface area contributed by atoms with Gasteiger partial charge >= 0.3 is 0 Å². The smallest absolute Gasteiger partial charge is 0.183 e. The van der Waals surface area contributed by atoms with Crippen LogP contribution in [0, 0.1) is 0 Å². The molecule has 0 amide bonds. The molecule has 0 heterocycles. The maximum atomic E-state index is 5.83. The molecule has 3 heteroatoms. The SMILES string of the molecule is CCCCOC(OCCCC)c1cccc(Br)c1. The van der Waals surface area contributed by atoms with E-state index in [4.69, 9.17) is 9.47 Å². The van der Waals surface area contributed by atoms with E-state index < -0.39 is 0 Å². The highest BCUT2D eigenvalue weighted by Gasteiger charge is 2.12. The van der Waals surface area contributed by atoms with Crippen LogP contribution in [0.3, 0.4) is 0 Å². The lowest BCUT2D eigenvalue weighted by atomic mass is 10.2. The van der Waals surface area contributed by atoms with Crippen LogP contribution >= 0.6 is 15.9 Å². The van der Waals surface area contributed by atoms with Crippen molar-refractivity contribution in [2.24, 2.45) is 0 Å². The lowest BCUT2D eigenvalue weighted by Crippen LogP contribution is -2.11. The number of benzene rings is 1. The first-order chi connectivity index (χ1) is 8.77. The molecule has 2 nitrogen and oxygen atoms in total. The molecule has 0 unspecified atom stereocenters. The van der Waals surface area contributed by atoms with Gasteiger partial charge in [-0.2, -0.15) is 0 Å². The molecule has 0 atom stereocenters. The molecule has 0 fully saturated rings. The molecule has 0 aliphatic rings. The van der Waals surface area contributed by atoms with Gasteiger partial charge in [-0.25, -0.2) is 0 Å². The lowest BCUT2D eigenvalue weighted by molar-refractivity contribution is -0.148. The summed E-state index contributed by atoms with van der Waals surface area (Å²) in [5.74, 6) is 0. The van der Waals surface area contributed by atoms with Gasteiger partial charge in [0.2, 0.25) is 0 Å². The van der Waals surface area contributed by atoms with Crippen molar-refractivity contribution in [2.75, 3.05) is 13.2 Å². The maximum Gasteiger partial charge on any atom is 0.183 e. The largest absolute Gasteiger partial charge is 0.348 e. The van der Waals surface area contributed by atoms with E-state index in [1.165, 1.54) is 0 Å². The van der Waals surface area contributed by atoms with Crippen LogP contribution in [-0.4, -0.2) is 13.2 Å². The fraction of sp³-hybridized carbons (Fsp3) is 0.600. The number of hydrogen-bond acceptors (Lipinski definition) is 2. The summed E-state index contributed by atoms with van der Waals surface area (Å²) < 4.78 is 12.7. The van der Waals surface area contributed by atoms with Crippen LogP contribution in [0.25, 0.3) is 0 Å². The van der Waals surface area contributed by atoms with Crippen LogP contribution in [0.1, 0.15) is 51.4 Å². The van der Waals surface area contributed by atoms with Crippen LogP contribution in [-0.2, 0) is 9.47 Å². The van der Waals surface area contributed by atoms with E-state index in [2.05, 4.69) is 35.8 Å². The van der Waals surface area contributed by atoms with Gasteiger partial charge in [0, 0.05) is 10.0 Å². The zero-order valence-corrected chi connectivity index (χ0v) is 12.9. The highest BCUT2D eigenvalue weighted by Crippen LogP contribution is 2.23. The van der Waals surface area contributed by atoms with Crippen LogP contribution in [0.2, 0.25) is 0 Å². The molecule has 0 aliphatic heterocycles. The molecule has 1 aromatic rings. The Morgan fingerprint density at radius 2 is 1.67 bits per heavy atom. The van der Waals surface area contributed by atoms with E-state index in [9.17, 15) is 0 Å². The van der Waals surface area contributed by atoms with Gasteiger partial charge < -0.3 is 9.47 Å². The average molecular weight is 315 g/mol. The number of ether oxygens (including phenoxy) is 2. The Balaban J connectivity index is 2.57. The highest BCUT2D eigenvalue weighted by molar-refractivity contribution is 9.10. The molecule has 1 aromatic carbocycles. The average Bonchev–Trinajstić information content (AvgIpc) is 2.37. The van der Waals surface area contributed by atoms with Crippen molar-refractivity contribution in [2.45, 2.75) is 45.8 Å². The van der Waals surface area contributed by atoms with E-state index in [1.54, 1.807) is 0 Å². The Morgan fingerprint density at radius 1 is 1.06 bits per heavy atom. The molecule has 0 N–H and O–H groups in total. The fourth-order valence-corrected chi connectivity index (χ4v) is 1.98. The van der Waals surface area contributed by atoms with Crippen LogP contribution in [0.15, 0.2) is 28.7 Å². The zero-order chi connectivity index (χ0) is 13.2. The van der Waals surface area contributed by atoms with Crippen molar-refractivity contribution < 1.29 is 9.47 Å². The first-order valence-electron chi connectivity index (χ1n) is 6.76. The third-order valence-corrected chi connectivity index (χ3v) is 3.15. The Bertz CT molecular complexity index is 318. The van der Waals surface area contributed by atoms with Crippen molar-refractivity contribution in [1.29, 1.82) is 0 Å². The van der Waals surface area contributed by atoms with E-state index in [-0.39, 0.29) is 6.29 Å². The summed E-state index contributed by atoms with van der Waals surface area (Å²) in [6, 6.07) is 8.13. The number of halogens is 1. The first kappa shape index (κ1) is 15.7. The van der Waals surface area contributed by atoms with Gasteiger partial charge in [0.25, 0.3) is 0 Å². The number of rotatable bonds is 9. The summed E-state index contributed by atoms with van der Waals surface area (Å²) in [4.78, 5) is 0. The molecular formula is C15H23BrO2. The van der Waals surface area contributed by atoms with Gasteiger partial charge in [0.05, 0.1) is 13.2 Å².